The van der Waals surface area contributed by atoms with E-state index in [4.69, 9.17) is 46.4 Å². The van der Waals surface area contributed by atoms with Crippen LogP contribution in [0.5, 0.6) is 0 Å². The summed E-state index contributed by atoms with van der Waals surface area (Å²) in [6.07, 6.45) is 0. The van der Waals surface area contributed by atoms with Gasteiger partial charge >= 0.3 is 0 Å². The van der Waals surface area contributed by atoms with Crippen LogP contribution in [-0.2, 0) is 0 Å². The van der Waals surface area contributed by atoms with Crippen LogP contribution in [0.1, 0.15) is 10.5 Å². The molecule has 1 N–H and O–H groups in total. The van der Waals surface area contributed by atoms with E-state index in [2.05, 4.69) is 10.3 Å². The lowest BCUT2D eigenvalue weighted by Gasteiger charge is -2.06. The number of rotatable bonds is 1. The topological polar surface area (TPSA) is 42.0 Å². The Balaban J connectivity index is 3.40. The highest BCUT2D eigenvalue weighted by Gasteiger charge is 2.18. The number of carbonyl (C=O) groups excluding carboxylic acids is 1. The Hall–Kier alpha value is -0.220. The van der Waals surface area contributed by atoms with Gasteiger partial charge in [0.05, 0.1) is 15.1 Å². The summed E-state index contributed by atoms with van der Waals surface area (Å²) < 4.78 is 0. The molecule has 0 aliphatic heterocycles. The summed E-state index contributed by atoms with van der Waals surface area (Å²) in [4.78, 5) is 14.9. The SMILES string of the molecule is CNC(=O)c1nc(Cl)c(Cl)c(Cl)c1Cl. The molecule has 1 heterocycles. The van der Waals surface area contributed by atoms with E-state index in [1.807, 2.05) is 0 Å². The van der Waals surface area contributed by atoms with Gasteiger partial charge in [-0.25, -0.2) is 4.98 Å². The number of amides is 1. The first-order valence-electron chi connectivity index (χ1n) is 3.41. The fraction of sp³-hybridized carbons (Fsp3) is 0.143. The summed E-state index contributed by atoms with van der Waals surface area (Å²) in [5.41, 5.74) is -0.0476. The third kappa shape index (κ3) is 2.06. The standard InChI is InChI=1S/C7H4Cl4N2O/c1-12-7(14)5-3(9)2(8)4(10)6(11)13-5/h1H3,(H,12,14). The quantitative estimate of drug-likeness (QED) is 0.799. The Labute approximate surface area is 100 Å². The molecule has 1 rings (SSSR count). The highest BCUT2D eigenvalue weighted by Crippen LogP contribution is 2.35. The Morgan fingerprint density at radius 2 is 1.71 bits per heavy atom. The highest BCUT2D eigenvalue weighted by atomic mass is 35.5. The van der Waals surface area contributed by atoms with Gasteiger partial charge in [0, 0.05) is 7.05 Å². The van der Waals surface area contributed by atoms with Crippen LogP contribution in [0.3, 0.4) is 0 Å². The normalized spacial score (nSPS) is 10.1. The van der Waals surface area contributed by atoms with Crippen LogP contribution in [0.2, 0.25) is 20.2 Å². The van der Waals surface area contributed by atoms with Gasteiger partial charge in [-0.2, -0.15) is 0 Å². The largest absolute Gasteiger partial charge is 0.354 e. The lowest BCUT2D eigenvalue weighted by atomic mass is 10.3. The number of nitrogens with one attached hydrogen (secondary N) is 1. The maximum Gasteiger partial charge on any atom is 0.271 e. The zero-order valence-electron chi connectivity index (χ0n) is 6.87. The minimum absolute atomic E-state index is 0.0135. The van der Waals surface area contributed by atoms with Crippen molar-refractivity contribution >= 4 is 52.3 Å². The smallest absolute Gasteiger partial charge is 0.271 e. The summed E-state index contributed by atoms with van der Waals surface area (Å²) in [6, 6.07) is 0. The molecule has 0 aliphatic rings. The molecule has 76 valence electrons. The molecule has 0 atom stereocenters. The van der Waals surface area contributed by atoms with Gasteiger partial charge < -0.3 is 5.32 Å². The molecule has 0 unspecified atom stereocenters. The molecule has 0 fully saturated rings. The Morgan fingerprint density at radius 3 is 2.21 bits per heavy atom. The van der Waals surface area contributed by atoms with Crippen LogP contribution < -0.4 is 5.32 Å². The number of nitrogens with zero attached hydrogens (tertiary/aromatic N) is 1. The first kappa shape index (κ1) is 11.9. The van der Waals surface area contributed by atoms with Gasteiger partial charge in [-0.1, -0.05) is 46.4 Å². The summed E-state index contributed by atoms with van der Waals surface area (Å²) in [7, 11) is 1.44. The van der Waals surface area contributed by atoms with Crippen LogP contribution in [0.15, 0.2) is 0 Å². The lowest BCUT2D eigenvalue weighted by molar-refractivity contribution is 0.0958. The van der Waals surface area contributed by atoms with Gasteiger partial charge in [0.25, 0.3) is 5.91 Å². The summed E-state index contributed by atoms with van der Waals surface area (Å²) in [6.45, 7) is 0. The second-order valence-corrected chi connectivity index (χ2v) is 3.76. The molecular weight excluding hydrogens is 270 g/mol. The van der Waals surface area contributed by atoms with Crippen LogP contribution in [0, 0.1) is 0 Å². The number of halogens is 4. The van der Waals surface area contributed by atoms with E-state index in [0.717, 1.165) is 0 Å². The van der Waals surface area contributed by atoms with E-state index in [-0.39, 0.29) is 25.9 Å². The molecule has 0 aliphatic carbocycles. The Morgan fingerprint density at radius 1 is 1.14 bits per heavy atom. The number of aromatic nitrogens is 1. The van der Waals surface area contributed by atoms with Gasteiger partial charge in [0.1, 0.15) is 10.8 Å². The lowest BCUT2D eigenvalue weighted by Crippen LogP contribution is -2.20. The van der Waals surface area contributed by atoms with Crippen molar-refractivity contribution in [1.82, 2.24) is 10.3 Å². The van der Waals surface area contributed by atoms with E-state index in [1.54, 1.807) is 0 Å². The van der Waals surface area contributed by atoms with Crippen LogP contribution in [0.4, 0.5) is 0 Å². The first-order valence-corrected chi connectivity index (χ1v) is 4.92. The molecule has 0 spiro atoms. The van der Waals surface area contributed by atoms with Gasteiger partial charge in [-0.3, -0.25) is 4.79 Å². The van der Waals surface area contributed by atoms with E-state index < -0.39 is 5.91 Å². The van der Waals surface area contributed by atoms with Gasteiger partial charge in [-0.15, -0.1) is 0 Å². The fourth-order valence-corrected chi connectivity index (χ4v) is 1.57. The molecule has 3 nitrogen and oxygen atoms in total. The maximum atomic E-state index is 11.2. The zero-order valence-corrected chi connectivity index (χ0v) is 9.89. The van der Waals surface area contributed by atoms with Crippen LogP contribution >= 0.6 is 46.4 Å². The Bertz CT molecular complexity index is 394. The average Bonchev–Trinajstić information content (AvgIpc) is 2.19. The second kappa shape index (κ2) is 4.53. The fourth-order valence-electron chi connectivity index (χ4n) is 0.756. The third-order valence-electron chi connectivity index (χ3n) is 1.43. The first-order chi connectivity index (χ1) is 6.49. The van der Waals surface area contributed by atoms with Crippen LogP contribution in [0.25, 0.3) is 0 Å². The molecule has 1 aromatic heterocycles. The van der Waals surface area contributed by atoms with E-state index in [9.17, 15) is 4.79 Å². The second-order valence-electron chi connectivity index (χ2n) is 2.27. The van der Waals surface area contributed by atoms with Crippen molar-refractivity contribution in [2.45, 2.75) is 0 Å². The summed E-state index contributed by atoms with van der Waals surface area (Å²) in [5.74, 6) is -0.476. The van der Waals surface area contributed by atoms with Gasteiger partial charge in [0.15, 0.2) is 0 Å². The molecule has 7 heteroatoms. The molecule has 0 saturated carbocycles. The predicted molar refractivity (Wildman–Crippen MR) is 57.7 cm³/mol. The molecular formula is C7H4Cl4N2O. The van der Waals surface area contributed by atoms with Crippen molar-refractivity contribution in [1.29, 1.82) is 0 Å². The van der Waals surface area contributed by atoms with Gasteiger partial charge in [-0.05, 0) is 0 Å². The molecule has 1 aromatic rings. The van der Waals surface area contributed by atoms with E-state index in [0.29, 0.717) is 0 Å². The van der Waals surface area contributed by atoms with E-state index in [1.165, 1.54) is 7.05 Å². The predicted octanol–water partition coefficient (Wildman–Crippen LogP) is 3.05. The van der Waals surface area contributed by atoms with Crippen molar-refractivity contribution in [2.75, 3.05) is 7.05 Å². The molecule has 1 amide bonds. The van der Waals surface area contributed by atoms with Crippen molar-refractivity contribution in [2.24, 2.45) is 0 Å². The highest BCUT2D eigenvalue weighted by molar-refractivity contribution is 6.52. The van der Waals surface area contributed by atoms with Crippen molar-refractivity contribution in [3.8, 4) is 0 Å². The number of carbonyl (C=O) groups is 1. The number of pyridine rings is 1. The minimum Gasteiger partial charge on any atom is -0.354 e. The molecule has 0 bridgehead atoms. The molecule has 0 saturated heterocycles. The van der Waals surface area contributed by atoms with Gasteiger partial charge in [0.2, 0.25) is 0 Å². The molecule has 0 aromatic carbocycles. The number of hydrogen-bond acceptors (Lipinski definition) is 2. The third-order valence-corrected chi connectivity index (χ3v) is 3.10. The maximum absolute atomic E-state index is 11.2. The number of hydrogen-bond donors (Lipinski definition) is 1. The Kier molecular flexibility index (Phi) is 3.84. The molecule has 0 radical (unpaired) electrons. The monoisotopic (exact) mass is 272 g/mol. The zero-order chi connectivity index (χ0) is 10.9. The molecule has 14 heavy (non-hydrogen) atoms. The van der Waals surface area contributed by atoms with E-state index >= 15 is 0 Å². The minimum atomic E-state index is -0.476. The van der Waals surface area contributed by atoms with Crippen LogP contribution in [-0.4, -0.2) is 17.9 Å². The van der Waals surface area contributed by atoms with Crippen molar-refractivity contribution in [3.63, 3.8) is 0 Å². The summed E-state index contributed by atoms with van der Waals surface area (Å²) in [5, 5.41) is 2.33. The summed E-state index contributed by atoms with van der Waals surface area (Å²) >= 11 is 22.8. The van der Waals surface area contributed by atoms with Crippen molar-refractivity contribution < 1.29 is 4.79 Å². The average molecular weight is 274 g/mol. The van der Waals surface area contributed by atoms with Crippen molar-refractivity contribution in [3.05, 3.63) is 25.9 Å².